The number of aromatic amines is 1. The van der Waals surface area contributed by atoms with Crippen LogP contribution in [-0.4, -0.2) is 71.1 Å². The highest BCUT2D eigenvalue weighted by Crippen LogP contribution is 2.30. The van der Waals surface area contributed by atoms with Crippen LogP contribution in [0.1, 0.15) is 6.42 Å². The molecule has 170 valence electrons. The van der Waals surface area contributed by atoms with Gasteiger partial charge in [-0.15, -0.1) is 0 Å². The van der Waals surface area contributed by atoms with Crippen molar-refractivity contribution in [3.63, 3.8) is 0 Å². The molecule has 0 radical (unpaired) electrons. The summed E-state index contributed by atoms with van der Waals surface area (Å²) in [4.78, 5) is 17.3. The van der Waals surface area contributed by atoms with Crippen molar-refractivity contribution in [2.24, 2.45) is 0 Å². The maximum absolute atomic E-state index is 4.64. The number of rotatable bonds is 8. The third-order valence-corrected chi connectivity index (χ3v) is 6.23. The zero-order valence-corrected chi connectivity index (χ0v) is 19.1. The summed E-state index contributed by atoms with van der Waals surface area (Å²) in [6, 6.07) is 18.6. The second-order valence-corrected chi connectivity index (χ2v) is 8.64. The molecule has 2 aromatic carbocycles. The van der Waals surface area contributed by atoms with Crippen molar-refractivity contribution >= 4 is 28.4 Å². The largest absolute Gasteiger partial charge is 0.370 e. The monoisotopic (exact) mass is 441 g/mol. The molecule has 0 saturated carbocycles. The number of nitrogens with zero attached hydrogens (tertiary/aromatic N) is 4. The highest BCUT2D eigenvalue weighted by atomic mass is 15.2. The van der Waals surface area contributed by atoms with Crippen LogP contribution in [0.2, 0.25) is 0 Å². The van der Waals surface area contributed by atoms with E-state index in [0.717, 1.165) is 68.3 Å². The summed E-state index contributed by atoms with van der Waals surface area (Å²) in [5.41, 5.74) is 4.44. The van der Waals surface area contributed by atoms with Gasteiger partial charge in [-0.05, 0) is 49.8 Å². The van der Waals surface area contributed by atoms with Crippen molar-refractivity contribution in [2.45, 2.75) is 6.42 Å². The molecule has 33 heavy (non-hydrogen) atoms. The van der Waals surface area contributed by atoms with E-state index in [4.69, 9.17) is 0 Å². The number of anilines is 3. The van der Waals surface area contributed by atoms with Crippen molar-refractivity contribution in [3.8, 4) is 11.1 Å². The van der Waals surface area contributed by atoms with Crippen molar-refractivity contribution < 1.29 is 0 Å². The van der Waals surface area contributed by atoms with Crippen LogP contribution in [0.15, 0.2) is 67.0 Å². The number of nitrogens with one attached hydrogen (secondary N) is 3. The smallest absolute Gasteiger partial charge is 0.229 e. The summed E-state index contributed by atoms with van der Waals surface area (Å²) in [6.45, 7) is 6.67. The fraction of sp³-hybridized carbons (Fsp3) is 0.308. The lowest BCUT2D eigenvalue weighted by Crippen LogP contribution is -2.44. The summed E-state index contributed by atoms with van der Waals surface area (Å²) < 4.78 is 0. The number of fused-ring (bicyclic) bond motifs is 1. The molecule has 3 heterocycles. The third-order valence-electron chi connectivity index (χ3n) is 6.23. The molecule has 5 rings (SSSR count). The van der Waals surface area contributed by atoms with E-state index in [9.17, 15) is 0 Å². The number of H-pyrrole nitrogens is 1. The molecule has 1 saturated heterocycles. The zero-order valence-electron chi connectivity index (χ0n) is 19.1. The van der Waals surface area contributed by atoms with Gasteiger partial charge in [-0.2, -0.15) is 4.98 Å². The first-order valence-electron chi connectivity index (χ1n) is 11.7. The Hall–Kier alpha value is -3.42. The van der Waals surface area contributed by atoms with E-state index in [0.29, 0.717) is 5.95 Å². The van der Waals surface area contributed by atoms with Gasteiger partial charge in [0, 0.05) is 67.3 Å². The quantitative estimate of drug-likeness (QED) is 0.352. The van der Waals surface area contributed by atoms with Gasteiger partial charge >= 0.3 is 0 Å². The summed E-state index contributed by atoms with van der Waals surface area (Å²) in [6.07, 6.45) is 4.96. The highest BCUT2D eigenvalue weighted by Gasteiger charge is 2.12. The normalized spacial score (nSPS) is 15.1. The van der Waals surface area contributed by atoms with E-state index >= 15 is 0 Å². The number of hydrogen-bond donors (Lipinski definition) is 3. The Morgan fingerprint density at radius 2 is 1.88 bits per heavy atom. The van der Waals surface area contributed by atoms with E-state index in [-0.39, 0.29) is 0 Å². The second kappa shape index (κ2) is 10.0. The maximum Gasteiger partial charge on any atom is 0.229 e. The number of benzene rings is 2. The number of piperazine rings is 1. The average Bonchev–Trinajstić information content (AvgIpc) is 3.28. The molecule has 1 aliphatic heterocycles. The van der Waals surface area contributed by atoms with Crippen LogP contribution in [-0.2, 0) is 0 Å². The molecule has 2 aromatic heterocycles. The highest BCUT2D eigenvalue weighted by molar-refractivity contribution is 5.96. The molecule has 0 atom stereocenters. The lowest BCUT2D eigenvalue weighted by Gasteiger charge is -2.32. The molecule has 3 N–H and O–H groups in total. The van der Waals surface area contributed by atoms with E-state index in [1.165, 1.54) is 10.9 Å². The minimum atomic E-state index is 0.593. The van der Waals surface area contributed by atoms with Crippen molar-refractivity contribution in [3.05, 3.63) is 67.0 Å². The Morgan fingerprint density at radius 1 is 1.00 bits per heavy atom. The standard InChI is InChI=1S/C26H31N7/c1-32-14-16-33(17-15-32)13-5-11-27-25-10-12-28-26(31-25)30-21-7-4-6-20(18-21)23-19-29-24-9-3-2-8-22(23)24/h2-4,6-10,12,18-19,29H,5,11,13-17H2,1H3,(H2,27,28,30,31). The number of likely N-dealkylation sites (N-methyl/N-ethyl adjacent to an activating group) is 1. The summed E-state index contributed by atoms with van der Waals surface area (Å²) in [7, 11) is 2.19. The molecule has 1 fully saturated rings. The minimum Gasteiger partial charge on any atom is -0.370 e. The van der Waals surface area contributed by atoms with Crippen LogP contribution in [0, 0.1) is 0 Å². The SMILES string of the molecule is CN1CCN(CCCNc2ccnc(Nc3cccc(-c4c[nH]c5ccccc45)c3)n2)CC1. The molecule has 0 aliphatic carbocycles. The molecule has 1 aliphatic rings. The third kappa shape index (κ3) is 5.32. The van der Waals surface area contributed by atoms with Gasteiger partial charge in [0.2, 0.25) is 5.95 Å². The molecule has 0 unspecified atom stereocenters. The van der Waals surface area contributed by atoms with Crippen LogP contribution < -0.4 is 10.6 Å². The lowest BCUT2D eigenvalue weighted by atomic mass is 10.0. The molecule has 7 heteroatoms. The summed E-state index contributed by atoms with van der Waals surface area (Å²) in [5.74, 6) is 1.44. The predicted octanol–water partition coefficient (Wildman–Crippen LogP) is 4.42. The first-order valence-corrected chi connectivity index (χ1v) is 11.7. The fourth-order valence-electron chi connectivity index (χ4n) is 4.31. The molecular weight excluding hydrogens is 410 g/mol. The number of para-hydroxylation sites is 1. The number of hydrogen-bond acceptors (Lipinski definition) is 6. The Morgan fingerprint density at radius 3 is 2.79 bits per heavy atom. The predicted molar refractivity (Wildman–Crippen MR) is 136 cm³/mol. The van der Waals surface area contributed by atoms with E-state index in [1.54, 1.807) is 6.20 Å². The number of aromatic nitrogens is 3. The van der Waals surface area contributed by atoms with Crippen molar-refractivity contribution in [1.82, 2.24) is 24.8 Å². The molecule has 0 bridgehead atoms. The van der Waals surface area contributed by atoms with Gasteiger partial charge in [0.25, 0.3) is 0 Å². The Labute approximate surface area is 194 Å². The van der Waals surface area contributed by atoms with Crippen LogP contribution >= 0.6 is 0 Å². The van der Waals surface area contributed by atoms with Gasteiger partial charge in [-0.25, -0.2) is 4.98 Å². The molecule has 7 nitrogen and oxygen atoms in total. The molecule has 0 amide bonds. The summed E-state index contributed by atoms with van der Waals surface area (Å²) >= 11 is 0. The van der Waals surface area contributed by atoms with Crippen LogP contribution in [0.3, 0.4) is 0 Å². The summed E-state index contributed by atoms with van der Waals surface area (Å²) in [5, 5.41) is 8.01. The van der Waals surface area contributed by atoms with Gasteiger partial charge in [0.15, 0.2) is 0 Å². The second-order valence-electron chi connectivity index (χ2n) is 8.64. The Balaban J connectivity index is 1.19. The van der Waals surface area contributed by atoms with Gasteiger partial charge in [-0.1, -0.05) is 30.3 Å². The Kier molecular flexibility index (Phi) is 6.51. The minimum absolute atomic E-state index is 0.593. The van der Waals surface area contributed by atoms with Crippen molar-refractivity contribution in [2.75, 3.05) is 56.9 Å². The van der Waals surface area contributed by atoms with Gasteiger partial charge in [-0.3, -0.25) is 0 Å². The first-order chi connectivity index (χ1) is 16.2. The van der Waals surface area contributed by atoms with Gasteiger partial charge in [0.05, 0.1) is 0 Å². The van der Waals surface area contributed by atoms with Gasteiger partial charge < -0.3 is 25.4 Å². The molecule has 0 spiro atoms. The topological polar surface area (TPSA) is 72.1 Å². The maximum atomic E-state index is 4.64. The van der Waals surface area contributed by atoms with Crippen LogP contribution in [0.5, 0.6) is 0 Å². The van der Waals surface area contributed by atoms with Gasteiger partial charge in [0.1, 0.15) is 5.82 Å². The molecular formula is C26H31N7. The Bertz CT molecular complexity index is 1190. The van der Waals surface area contributed by atoms with E-state index < -0.39 is 0 Å². The average molecular weight is 442 g/mol. The first kappa shape index (κ1) is 21.4. The molecule has 4 aromatic rings. The van der Waals surface area contributed by atoms with E-state index in [1.807, 2.05) is 18.2 Å². The zero-order chi connectivity index (χ0) is 22.5. The lowest BCUT2D eigenvalue weighted by molar-refractivity contribution is 0.154. The van der Waals surface area contributed by atoms with E-state index in [2.05, 4.69) is 85.0 Å². The van der Waals surface area contributed by atoms with Crippen LogP contribution in [0.4, 0.5) is 17.5 Å². The van der Waals surface area contributed by atoms with Crippen LogP contribution in [0.25, 0.3) is 22.0 Å². The van der Waals surface area contributed by atoms with Crippen molar-refractivity contribution in [1.29, 1.82) is 0 Å². The fourth-order valence-corrected chi connectivity index (χ4v) is 4.31.